The zero-order valence-corrected chi connectivity index (χ0v) is 11.4. The number of hydrogen-bond acceptors (Lipinski definition) is 3. The monoisotopic (exact) mass is 246 g/mol. The van der Waals surface area contributed by atoms with Crippen LogP contribution in [0.4, 0.5) is 0 Å². The lowest BCUT2D eigenvalue weighted by molar-refractivity contribution is -0.166. The van der Waals surface area contributed by atoms with Gasteiger partial charge in [0.15, 0.2) is 0 Å². The minimum atomic E-state index is -0.285. The first kappa shape index (κ1) is 14.7. The Bertz CT molecular complexity index is 261. The van der Waals surface area contributed by atoms with Gasteiger partial charge in [-0.3, -0.25) is 0 Å². The van der Waals surface area contributed by atoms with Crippen LogP contribution in [0.1, 0.15) is 49.3 Å². The minimum Gasteiger partial charge on any atom is -0.394 e. The maximum absolute atomic E-state index is 8.91. The van der Waals surface area contributed by atoms with Crippen molar-refractivity contribution in [2.24, 2.45) is 0 Å². The third-order valence-electron chi connectivity index (χ3n) is 3.62. The average Bonchev–Trinajstić information content (AvgIpc) is 2.30. The molecule has 1 fully saturated rings. The van der Waals surface area contributed by atoms with Crippen LogP contribution in [0.2, 0.25) is 0 Å². The first-order valence-electron chi connectivity index (χ1n) is 6.61. The molecule has 3 nitrogen and oxygen atoms in total. The van der Waals surface area contributed by atoms with E-state index < -0.39 is 0 Å². The molecule has 1 aliphatic heterocycles. The topological polar surface area (TPSA) is 38.7 Å². The Hall–Kier alpha value is -0.380. The molecule has 1 unspecified atom stereocenters. The molecule has 0 bridgehead atoms. The van der Waals surface area contributed by atoms with Crippen LogP contribution in [0.3, 0.4) is 0 Å². The summed E-state index contributed by atoms with van der Waals surface area (Å²) >= 11 is 0. The summed E-state index contributed by atoms with van der Waals surface area (Å²) in [6.45, 7) is 10.7. The van der Waals surface area contributed by atoms with E-state index in [-0.39, 0.29) is 27.3 Å². The van der Waals surface area contributed by atoms with Crippen molar-refractivity contribution in [1.29, 1.82) is 0 Å². The number of aliphatic hydroxyl groups is 1. The van der Waals surface area contributed by atoms with E-state index >= 15 is 0 Å². The maximum atomic E-state index is 8.91. The Morgan fingerprint density at radius 2 is 2.35 bits per heavy atom. The summed E-state index contributed by atoms with van der Waals surface area (Å²) in [5.41, 5.74) is 0.883. The summed E-state index contributed by atoms with van der Waals surface area (Å²) < 4.78 is 11.8. The Balaban J connectivity index is 0. The van der Waals surface area contributed by atoms with Gasteiger partial charge in [0.05, 0.1) is 31.0 Å². The van der Waals surface area contributed by atoms with E-state index in [1.54, 1.807) is 0 Å². The molecule has 0 spiro atoms. The lowest BCUT2D eigenvalue weighted by Gasteiger charge is -2.42. The Labute approximate surface area is 108 Å². The van der Waals surface area contributed by atoms with Crippen LogP contribution in [0, 0.1) is 0 Å². The SMILES string of the molecule is C=C1CCC([C@](C)(CCC)OCCO)O[C@H]1C.[HH].[HH]. The van der Waals surface area contributed by atoms with Crippen molar-refractivity contribution < 1.29 is 17.4 Å². The largest absolute Gasteiger partial charge is 0.394 e. The maximum Gasteiger partial charge on any atom is 0.0916 e. The fraction of sp³-hybridized carbons (Fsp3) is 0.857. The van der Waals surface area contributed by atoms with Crippen LogP contribution < -0.4 is 0 Å². The molecule has 0 saturated carbocycles. The molecule has 1 aliphatic rings. The first-order chi connectivity index (χ1) is 8.03. The second-order valence-corrected chi connectivity index (χ2v) is 5.10. The molecule has 104 valence electrons. The van der Waals surface area contributed by atoms with Crippen LogP contribution in [-0.2, 0) is 9.47 Å². The number of aliphatic hydroxyl groups excluding tert-OH is 1. The second kappa shape index (κ2) is 6.53. The van der Waals surface area contributed by atoms with Gasteiger partial charge in [0.1, 0.15) is 0 Å². The fourth-order valence-electron chi connectivity index (χ4n) is 2.48. The Kier molecular flexibility index (Phi) is 5.63. The third-order valence-corrected chi connectivity index (χ3v) is 3.62. The van der Waals surface area contributed by atoms with E-state index in [0.717, 1.165) is 25.7 Å². The molecule has 1 heterocycles. The van der Waals surface area contributed by atoms with Gasteiger partial charge < -0.3 is 14.6 Å². The van der Waals surface area contributed by atoms with Gasteiger partial charge in [-0.1, -0.05) is 19.9 Å². The molecule has 0 aromatic carbocycles. The normalized spacial score (nSPS) is 29.1. The van der Waals surface area contributed by atoms with Gasteiger partial charge in [0.25, 0.3) is 0 Å². The van der Waals surface area contributed by atoms with Crippen LogP contribution >= 0.6 is 0 Å². The van der Waals surface area contributed by atoms with Crippen molar-refractivity contribution in [3.8, 4) is 0 Å². The van der Waals surface area contributed by atoms with Gasteiger partial charge in [0.2, 0.25) is 0 Å². The smallest absolute Gasteiger partial charge is 0.0916 e. The van der Waals surface area contributed by atoms with Crippen LogP contribution in [0.5, 0.6) is 0 Å². The quantitative estimate of drug-likeness (QED) is 0.732. The van der Waals surface area contributed by atoms with Crippen molar-refractivity contribution in [3.05, 3.63) is 12.2 Å². The van der Waals surface area contributed by atoms with E-state index in [1.807, 2.05) is 6.92 Å². The van der Waals surface area contributed by atoms with E-state index in [2.05, 4.69) is 20.4 Å². The zero-order chi connectivity index (χ0) is 12.9. The average molecular weight is 246 g/mol. The molecule has 3 heteroatoms. The van der Waals surface area contributed by atoms with E-state index in [4.69, 9.17) is 14.6 Å². The van der Waals surface area contributed by atoms with E-state index in [0.29, 0.717) is 6.61 Å². The van der Waals surface area contributed by atoms with Crippen molar-refractivity contribution in [2.75, 3.05) is 13.2 Å². The predicted molar refractivity (Wildman–Crippen MR) is 73.3 cm³/mol. The molecule has 0 aromatic rings. The molecular weight excluding hydrogens is 216 g/mol. The fourth-order valence-corrected chi connectivity index (χ4v) is 2.48. The van der Waals surface area contributed by atoms with Crippen LogP contribution in [0.25, 0.3) is 0 Å². The highest BCUT2D eigenvalue weighted by molar-refractivity contribution is 5.06. The van der Waals surface area contributed by atoms with Gasteiger partial charge in [-0.05, 0) is 38.7 Å². The van der Waals surface area contributed by atoms with Crippen molar-refractivity contribution >= 4 is 0 Å². The highest BCUT2D eigenvalue weighted by Gasteiger charge is 2.38. The van der Waals surface area contributed by atoms with E-state index in [1.165, 1.54) is 5.57 Å². The second-order valence-electron chi connectivity index (χ2n) is 5.10. The molecule has 0 aromatic heterocycles. The molecule has 1 rings (SSSR count). The van der Waals surface area contributed by atoms with E-state index in [9.17, 15) is 0 Å². The molecule has 3 atom stereocenters. The van der Waals surface area contributed by atoms with Crippen molar-refractivity contribution in [3.63, 3.8) is 0 Å². The molecule has 0 aliphatic carbocycles. The summed E-state index contributed by atoms with van der Waals surface area (Å²) in [4.78, 5) is 0. The highest BCUT2D eigenvalue weighted by atomic mass is 16.6. The molecule has 17 heavy (non-hydrogen) atoms. The summed E-state index contributed by atoms with van der Waals surface area (Å²) in [5, 5.41) is 8.91. The predicted octanol–water partition coefficient (Wildman–Crippen LogP) is 3.17. The highest BCUT2D eigenvalue weighted by Crippen LogP contribution is 2.34. The van der Waals surface area contributed by atoms with Crippen molar-refractivity contribution in [1.82, 2.24) is 0 Å². The summed E-state index contributed by atoms with van der Waals surface area (Å²) in [6, 6.07) is 0. The lowest BCUT2D eigenvalue weighted by atomic mass is 9.86. The standard InChI is InChI=1S/C14H26O3.2H2/c1-5-8-14(4,16-10-9-15)13-7-6-11(2)12(3)17-13;;/h12-13,15H,2,5-10H2,1,3-4H3;2*1H/t12-,13?,14-;;/m0../s1. The molecular formula is C14H30O3. The van der Waals surface area contributed by atoms with Crippen LogP contribution in [0.15, 0.2) is 12.2 Å². The van der Waals surface area contributed by atoms with Gasteiger partial charge in [0, 0.05) is 2.85 Å². The number of ether oxygens (including phenoxy) is 2. The molecule has 1 N–H and O–H groups in total. The Morgan fingerprint density at radius 3 is 2.88 bits per heavy atom. The summed E-state index contributed by atoms with van der Waals surface area (Å²) in [5.74, 6) is 0. The van der Waals surface area contributed by atoms with Gasteiger partial charge >= 0.3 is 0 Å². The Morgan fingerprint density at radius 1 is 1.65 bits per heavy atom. The van der Waals surface area contributed by atoms with Crippen LogP contribution in [-0.4, -0.2) is 36.1 Å². The number of rotatable bonds is 6. The van der Waals surface area contributed by atoms with Gasteiger partial charge in [-0.2, -0.15) is 0 Å². The lowest BCUT2D eigenvalue weighted by Crippen LogP contribution is -2.47. The zero-order valence-electron chi connectivity index (χ0n) is 11.4. The van der Waals surface area contributed by atoms with Gasteiger partial charge in [-0.25, -0.2) is 0 Å². The summed E-state index contributed by atoms with van der Waals surface area (Å²) in [6.07, 6.45) is 4.20. The first-order valence-corrected chi connectivity index (χ1v) is 6.61. The van der Waals surface area contributed by atoms with Crippen molar-refractivity contribution in [2.45, 2.75) is 64.3 Å². The molecule has 1 saturated heterocycles. The summed E-state index contributed by atoms with van der Waals surface area (Å²) in [7, 11) is 0. The minimum absolute atomic E-state index is 0. The molecule has 0 amide bonds. The molecule has 0 radical (unpaired) electrons. The number of hydrogen-bond donors (Lipinski definition) is 1. The van der Waals surface area contributed by atoms with Gasteiger partial charge in [-0.15, -0.1) is 0 Å². The third kappa shape index (κ3) is 3.80.